The molecular weight excluding hydrogens is 232 g/mol. The lowest BCUT2D eigenvalue weighted by Gasteiger charge is -2.14. The van der Waals surface area contributed by atoms with E-state index < -0.39 is 0 Å². The predicted octanol–water partition coefficient (Wildman–Crippen LogP) is 2.78. The lowest BCUT2D eigenvalue weighted by Crippen LogP contribution is -2.20. The zero-order valence-electron chi connectivity index (χ0n) is 11.5. The second-order valence-electron chi connectivity index (χ2n) is 5.47. The molecule has 17 heavy (non-hydrogen) atoms. The van der Waals surface area contributed by atoms with E-state index in [1.54, 1.807) is 11.3 Å². The van der Waals surface area contributed by atoms with E-state index in [9.17, 15) is 0 Å². The van der Waals surface area contributed by atoms with Gasteiger partial charge in [0.25, 0.3) is 0 Å². The van der Waals surface area contributed by atoms with Crippen molar-refractivity contribution in [2.24, 2.45) is 0 Å². The molecule has 1 rings (SSSR count). The highest BCUT2D eigenvalue weighted by molar-refractivity contribution is 7.12. The Kier molecular flexibility index (Phi) is 5.10. The molecule has 1 atom stereocenters. The van der Waals surface area contributed by atoms with Gasteiger partial charge in [-0.2, -0.15) is 0 Å². The molecule has 0 aliphatic heterocycles. The first kappa shape index (κ1) is 14.6. The average Bonchev–Trinajstić information content (AvgIpc) is 2.60. The van der Waals surface area contributed by atoms with Crippen LogP contribution < -0.4 is 5.32 Å². The summed E-state index contributed by atoms with van der Waals surface area (Å²) in [6.45, 7) is 11.9. The van der Waals surface area contributed by atoms with Gasteiger partial charge in [0.2, 0.25) is 0 Å². The molecule has 1 aromatic rings. The van der Waals surface area contributed by atoms with Crippen LogP contribution in [0.1, 0.15) is 55.7 Å². The molecule has 0 amide bonds. The molecule has 98 valence electrons. The van der Waals surface area contributed by atoms with Crippen LogP contribution >= 0.6 is 11.3 Å². The van der Waals surface area contributed by atoms with Gasteiger partial charge in [0.1, 0.15) is 0 Å². The van der Waals surface area contributed by atoms with Crippen molar-refractivity contribution in [3.63, 3.8) is 0 Å². The summed E-state index contributed by atoms with van der Waals surface area (Å²) in [4.78, 5) is 5.97. The smallest absolute Gasteiger partial charge is 0.0985 e. The summed E-state index contributed by atoms with van der Waals surface area (Å²) in [6.07, 6.45) is 0.800. The van der Waals surface area contributed by atoms with E-state index in [1.165, 1.54) is 9.88 Å². The zero-order valence-corrected chi connectivity index (χ0v) is 12.3. The molecule has 0 radical (unpaired) electrons. The molecular formula is C13H24N2OS. The van der Waals surface area contributed by atoms with Gasteiger partial charge in [0, 0.05) is 22.9 Å². The number of hydrogen-bond donors (Lipinski definition) is 2. The third kappa shape index (κ3) is 4.05. The standard InChI is InChI=1S/C13H24N2OS/c1-9(14-7-6-8-16)11-10(2)15-12(17-11)13(3,4)5/h9,14,16H,6-8H2,1-5H3. The molecule has 2 N–H and O–H groups in total. The highest BCUT2D eigenvalue weighted by Gasteiger charge is 2.22. The molecule has 3 nitrogen and oxygen atoms in total. The molecule has 0 spiro atoms. The number of thiazole rings is 1. The molecule has 1 unspecified atom stereocenters. The van der Waals surface area contributed by atoms with E-state index in [0.717, 1.165) is 18.7 Å². The Bertz CT molecular complexity index is 355. The molecule has 4 heteroatoms. The van der Waals surface area contributed by atoms with Gasteiger partial charge in [0.05, 0.1) is 10.7 Å². The first-order chi connectivity index (χ1) is 7.86. The molecule has 0 saturated heterocycles. The number of rotatable bonds is 5. The topological polar surface area (TPSA) is 45.2 Å². The van der Waals surface area contributed by atoms with Crippen molar-refractivity contribution in [2.75, 3.05) is 13.2 Å². The van der Waals surface area contributed by atoms with Crippen molar-refractivity contribution in [3.05, 3.63) is 15.6 Å². The van der Waals surface area contributed by atoms with Crippen molar-refractivity contribution < 1.29 is 5.11 Å². The maximum absolute atomic E-state index is 8.77. The quantitative estimate of drug-likeness (QED) is 0.796. The van der Waals surface area contributed by atoms with E-state index in [-0.39, 0.29) is 12.0 Å². The Morgan fingerprint density at radius 1 is 1.41 bits per heavy atom. The molecule has 1 aromatic heterocycles. The Balaban J connectivity index is 2.74. The minimum atomic E-state index is 0.124. The normalized spacial score (nSPS) is 14.0. The minimum Gasteiger partial charge on any atom is -0.396 e. The second-order valence-corrected chi connectivity index (χ2v) is 6.50. The average molecular weight is 256 g/mol. The molecule has 0 bridgehead atoms. The molecule has 0 saturated carbocycles. The third-order valence-electron chi connectivity index (χ3n) is 2.65. The lowest BCUT2D eigenvalue weighted by molar-refractivity contribution is 0.284. The Labute approximate surface area is 108 Å². The van der Waals surface area contributed by atoms with Crippen LogP contribution in [-0.4, -0.2) is 23.2 Å². The van der Waals surface area contributed by atoms with Crippen molar-refractivity contribution in [1.82, 2.24) is 10.3 Å². The zero-order chi connectivity index (χ0) is 13.1. The number of aromatic nitrogens is 1. The summed E-state index contributed by atoms with van der Waals surface area (Å²) < 4.78 is 0. The molecule has 0 fully saturated rings. The van der Waals surface area contributed by atoms with Gasteiger partial charge in [-0.3, -0.25) is 0 Å². The fourth-order valence-electron chi connectivity index (χ4n) is 1.62. The first-order valence-electron chi connectivity index (χ1n) is 6.18. The van der Waals surface area contributed by atoms with Crippen LogP contribution in [0.25, 0.3) is 0 Å². The maximum Gasteiger partial charge on any atom is 0.0985 e. The summed E-state index contributed by atoms with van der Waals surface area (Å²) >= 11 is 1.80. The van der Waals surface area contributed by atoms with Crippen LogP contribution in [0.2, 0.25) is 0 Å². The number of aliphatic hydroxyl groups excluding tert-OH is 1. The van der Waals surface area contributed by atoms with Crippen molar-refractivity contribution >= 4 is 11.3 Å². The second kappa shape index (κ2) is 5.94. The fourth-order valence-corrected chi connectivity index (χ4v) is 2.77. The first-order valence-corrected chi connectivity index (χ1v) is 7.00. The van der Waals surface area contributed by atoms with Crippen molar-refractivity contribution in [3.8, 4) is 0 Å². The van der Waals surface area contributed by atoms with Gasteiger partial charge in [-0.15, -0.1) is 11.3 Å². The van der Waals surface area contributed by atoms with Crippen LogP contribution in [0.4, 0.5) is 0 Å². The molecule has 0 aliphatic rings. The maximum atomic E-state index is 8.77. The van der Waals surface area contributed by atoms with Crippen molar-refractivity contribution in [2.45, 2.75) is 52.5 Å². The van der Waals surface area contributed by atoms with Gasteiger partial charge in [0.15, 0.2) is 0 Å². The molecule has 1 heterocycles. The highest BCUT2D eigenvalue weighted by Crippen LogP contribution is 2.32. The minimum absolute atomic E-state index is 0.124. The van der Waals surface area contributed by atoms with Crippen LogP contribution in [0.5, 0.6) is 0 Å². The monoisotopic (exact) mass is 256 g/mol. The lowest BCUT2D eigenvalue weighted by atomic mass is 9.98. The Morgan fingerprint density at radius 3 is 2.53 bits per heavy atom. The predicted molar refractivity (Wildman–Crippen MR) is 73.7 cm³/mol. The van der Waals surface area contributed by atoms with Gasteiger partial charge < -0.3 is 10.4 Å². The Morgan fingerprint density at radius 2 is 2.06 bits per heavy atom. The summed E-state index contributed by atoms with van der Waals surface area (Å²) in [5.41, 5.74) is 1.25. The third-order valence-corrected chi connectivity index (χ3v) is 4.42. The number of nitrogens with zero attached hydrogens (tertiary/aromatic N) is 1. The van der Waals surface area contributed by atoms with Gasteiger partial charge in [-0.05, 0) is 26.8 Å². The van der Waals surface area contributed by atoms with Gasteiger partial charge in [-0.25, -0.2) is 4.98 Å². The van der Waals surface area contributed by atoms with Crippen LogP contribution in [0.3, 0.4) is 0 Å². The van der Waals surface area contributed by atoms with Crippen LogP contribution in [-0.2, 0) is 5.41 Å². The SMILES string of the molecule is Cc1nc(C(C)(C)C)sc1C(C)NCCCO. The summed E-state index contributed by atoms with van der Waals surface area (Å²) in [6, 6.07) is 0.315. The van der Waals surface area contributed by atoms with E-state index in [4.69, 9.17) is 5.11 Å². The van der Waals surface area contributed by atoms with E-state index in [2.05, 4.69) is 44.9 Å². The summed E-state index contributed by atoms with van der Waals surface area (Å²) in [5.74, 6) is 0. The number of hydrogen-bond acceptors (Lipinski definition) is 4. The van der Waals surface area contributed by atoms with Crippen molar-refractivity contribution in [1.29, 1.82) is 0 Å². The number of nitrogens with one attached hydrogen (secondary N) is 1. The summed E-state index contributed by atoms with van der Waals surface area (Å²) in [7, 11) is 0. The van der Waals surface area contributed by atoms with Gasteiger partial charge >= 0.3 is 0 Å². The van der Waals surface area contributed by atoms with Crippen LogP contribution in [0, 0.1) is 6.92 Å². The number of aryl methyl sites for hydroxylation is 1. The fraction of sp³-hybridized carbons (Fsp3) is 0.769. The summed E-state index contributed by atoms with van der Waals surface area (Å²) in [5, 5.41) is 13.4. The molecule has 0 aromatic carbocycles. The highest BCUT2D eigenvalue weighted by atomic mass is 32.1. The molecule has 0 aliphatic carbocycles. The van der Waals surface area contributed by atoms with Crippen LogP contribution in [0.15, 0.2) is 0 Å². The largest absolute Gasteiger partial charge is 0.396 e. The Hall–Kier alpha value is -0.450. The van der Waals surface area contributed by atoms with Gasteiger partial charge in [-0.1, -0.05) is 20.8 Å². The van der Waals surface area contributed by atoms with E-state index in [0.29, 0.717) is 6.04 Å². The van der Waals surface area contributed by atoms with E-state index in [1.807, 2.05) is 0 Å². The number of aliphatic hydroxyl groups is 1. The van der Waals surface area contributed by atoms with E-state index >= 15 is 0 Å².